The van der Waals surface area contributed by atoms with Crippen molar-refractivity contribution in [2.75, 3.05) is 18.5 Å². The topological polar surface area (TPSA) is 67.2 Å². The van der Waals surface area contributed by atoms with Crippen molar-refractivity contribution in [1.82, 2.24) is 9.78 Å². The number of aliphatic hydroxyl groups is 1. The SMILES string of the molecule is CCCn1ncc(NCC(F)(F)CO)c(Cl)c1=O. The van der Waals surface area contributed by atoms with Gasteiger partial charge in [-0.05, 0) is 6.42 Å². The maximum absolute atomic E-state index is 12.8. The van der Waals surface area contributed by atoms with E-state index in [0.717, 1.165) is 4.68 Å². The zero-order valence-electron chi connectivity index (χ0n) is 9.79. The van der Waals surface area contributed by atoms with Gasteiger partial charge in [-0.1, -0.05) is 18.5 Å². The summed E-state index contributed by atoms with van der Waals surface area (Å²) >= 11 is 5.76. The van der Waals surface area contributed by atoms with E-state index < -0.39 is 24.6 Å². The Balaban J connectivity index is 2.86. The summed E-state index contributed by atoms with van der Waals surface area (Å²) in [5.74, 6) is -3.28. The van der Waals surface area contributed by atoms with E-state index in [9.17, 15) is 13.6 Å². The van der Waals surface area contributed by atoms with Gasteiger partial charge in [0, 0.05) is 6.54 Å². The van der Waals surface area contributed by atoms with Crippen LogP contribution in [0.3, 0.4) is 0 Å². The van der Waals surface area contributed by atoms with Gasteiger partial charge in [0.05, 0.1) is 18.4 Å². The number of hydrogen-bond donors (Lipinski definition) is 2. The fourth-order valence-electron chi connectivity index (χ4n) is 1.24. The summed E-state index contributed by atoms with van der Waals surface area (Å²) in [4.78, 5) is 11.7. The van der Waals surface area contributed by atoms with Crippen LogP contribution in [0, 0.1) is 0 Å². The molecule has 0 aliphatic rings. The minimum Gasteiger partial charge on any atom is -0.390 e. The first-order valence-electron chi connectivity index (χ1n) is 5.39. The molecule has 0 atom stereocenters. The van der Waals surface area contributed by atoms with Crippen LogP contribution < -0.4 is 10.9 Å². The molecule has 0 aromatic carbocycles. The number of anilines is 1. The van der Waals surface area contributed by atoms with E-state index in [-0.39, 0.29) is 10.7 Å². The highest BCUT2D eigenvalue weighted by Gasteiger charge is 2.27. The first-order valence-corrected chi connectivity index (χ1v) is 5.77. The molecule has 0 aliphatic heterocycles. The molecule has 0 saturated heterocycles. The molecule has 1 heterocycles. The highest BCUT2D eigenvalue weighted by molar-refractivity contribution is 6.32. The molecule has 1 rings (SSSR count). The first kappa shape index (κ1) is 14.8. The Hall–Kier alpha value is -1.21. The maximum Gasteiger partial charge on any atom is 0.287 e. The second kappa shape index (κ2) is 6.10. The van der Waals surface area contributed by atoms with Crippen LogP contribution in [-0.4, -0.2) is 34.0 Å². The van der Waals surface area contributed by atoms with Crippen LogP contribution in [0.5, 0.6) is 0 Å². The molecule has 0 saturated carbocycles. The van der Waals surface area contributed by atoms with E-state index >= 15 is 0 Å². The average molecular weight is 282 g/mol. The van der Waals surface area contributed by atoms with Crippen molar-refractivity contribution < 1.29 is 13.9 Å². The molecule has 0 aliphatic carbocycles. The van der Waals surface area contributed by atoms with Crippen molar-refractivity contribution >= 4 is 17.3 Å². The van der Waals surface area contributed by atoms with Gasteiger partial charge in [-0.15, -0.1) is 0 Å². The number of aliphatic hydroxyl groups excluding tert-OH is 1. The van der Waals surface area contributed by atoms with Crippen molar-refractivity contribution in [3.63, 3.8) is 0 Å². The third kappa shape index (κ3) is 3.64. The molecule has 0 radical (unpaired) electrons. The predicted molar refractivity (Wildman–Crippen MR) is 64.3 cm³/mol. The summed E-state index contributed by atoms with van der Waals surface area (Å²) in [7, 11) is 0. The maximum atomic E-state index is 12.8. The second-order valence-corrected chi connectivity index (χ2v) is 4.15. The van der Waals surface area contributed by atoms with Gasteiger partial charge in [-0.3, -0.25) is 4.79 Å². The van der Waals surface area contributed by atoms with Gasteiger partial charge in [0.25, 0.3) is 11.5 Å². The van der Waals surface area contributed by atoms with Crippen LogP contribution in [0.4, 0.5) is 14.5 Å². The van der Waals surface area contributed by atoms with Gasteiger partial charge in [0.1, 0.15) is 11.6 Å². The quantitative estimate of drug-likeness (QED) is 0.826. The third-order valence-corrected chi connectivity index (χ3v) is 2.55. The third-order valence-electron chi connectivity index (χ3n) is 2.19. The molecule has 102 valence electrons. The molecule has 8 heteroatoms. The Morgan fingerprint density at radius 2 is 2.28 bits per heavy atom. The monoisotopic (exact) mass is 281 g/mol. The molecular weight excluding hydrogens is 268 g/mol. The fourth-order valence-corrected chi connectivity index (χ4v) is 1.45. The fraction of sp³-hybridized carbons (Fsp3) is 0.600. The number of alkyl halides is 2. The average Bonchev–Trinajstić information content (AvgIpc) is 2.34. The van der Waals surface area contributed by atoms with E-state index in [1.54, 1.807) is 0 Å². The number of aryl methyl sites for hydroxylation is 1. The minimum atomic E-state index is -3.28. The molecular formula is C10H14ClF2N3O2. The molecule has 5 nitrogen and oxygen atoms in total. The predicted octanol–water partition coefficient (Wildman–Crippen LogP) is 1.35. The lowest BCUT2D eigenvalue weighted by Gasteiger charge is -2.15. The van der Waals surface area contributed by atoms with Gasteiger partial charge < -0.3 is 10.4 Å². The van der Waals surface area contributed by atoms with Crippen molar-refractivity contribution in [3.05, 3.63) is 21.6 Å². The minimum absolute atomic E-state index is 0.0298. The summed E-state index contributed by atoms with van der Waals surface area (Å²) in [6, 6.07) is 0. The Kier molecular flexibility index (Phi) is 5.03. The van der Waals surface area contributed by atoms with Gasteiger partial charge in [0.2, 0.25) is 0 Å². The standard InChI is InChI=1S/C10H14ClF2N3O2/c1-2-3-16-9(18)8(11)7(4-15-16)14-5-10(12,13)6-17/h4,14,17H,2-3,5-6H2,1H3. The van der Waals surface area contributed by atoms with Gasteiger partial charge in [-0.25, -0.2) is 13.5 Å². The van der Waals surface area contributed by atoms with Crippen LogP contribution in [-0.2, 0) is 6.54 Å². The van der Waals surface area contributed by atoms with Gasteiger partial charge >= 0.3 is 0 Å². The van der Waals surface area contributed by atoms with Crippen molar-refractivity contribution in [1.29, 1.82) is 0 Å². The molecule has 0 fully saturated rings. The number of hydrogen-bond acceptors (Lipinski definition) is 4. The smallest absolute Gasteiger partial charge is 0.287 e. The Morgan fingerprint density at radius 1 is 1.61 bits per heavy atom. The van der Waals surface area contributed by atoms with Crippen molar-refractivity contribution in [3.8, 4) is 0 Å². The molecule has 0 bridgehead atoms. The molecule has 0 unspecified atom stereocenters. The summed E-state index contributed by atoms with van der Waals surface area (Å²) in [5.41, 5.74) is -0.502. The molecule has 18 heavy (non-hydrogen) atoms. The second-order valence-electron chi connectivity index (χ2n) is 3.77. The number of aromatic nitrogens is 2. The van der Waals surface area contributed by atoms with Crippen LogP contribution in [0.25, 0.3) is 0 Å². The molecule has 1 aromatic heterocycles. The number of halogens is 3. The number of nitrogens with one attached hydrogen (secondary N) is 1. The summed E-state index contributed by atoms with van der Waals surface area (Å²) < 4.78 is 26.8. The normalized spacial score (nSPS) is 11.6. The van der Waals surface area contributed by atoms with Crippen LogP contribution in [0.15, 0.2) is 11.0 Å². The lowest BCUT2D eigenvalue weighted by Crippen LogP contribution is -2.32. The number of rotatable bonds is 6. The van der Waals surface area contributed by atoms with Gasteiger partial charge in [-0.2, -0.15) is 5.10 Å². The lowest BCUT2D eigenvalue weighted by atomic mass is 10.3. The first-order chi connectivity index (χ1) is 8.41. The Bertz CT molecular complexity index is 465. The summed E-state index contributed by atoms with van der Waals surface area (Å²) in [5, 5.41) is 14.3. The van der Waals surface area contributed by atoms with Crippen LogP contribution in [0.1, 0.15) is 13.3 Å². The van der Waals surface area contributed by atoms with E-state index in [0.29, 0.717) is 13.0 Å². The van der Waals surface area contributed by atoms with E-state index in [1.165, 1.54) is 6.20 Å². The molecule has 0 amide bonds. The van der Waals surface area contributed by atoms with Gasteiger partial charge in [0.15, 0.2) is 0 Å². The molecule has 1 aromatic rings. The number of nitrogens with zero attached hydrogens (tertiary/aromatic N) is 2. The van der Waals surface area contributed by atoms with E-state index in [1.807, 2.05) is 6.92 Å². The largest absolute Gasteiger partial charge is 0.390 e. The summed E-state index contributed by atoms with van der Waals surface area (Å²) in [6.07, 6.45) is 1.92. The molecule has 2 N–H and O–H groups in total. The zero-order valence-corrected chi connectivity index (χ0v) is 10.5. The zero-order chi connectivity index (χ0) is 13.8. The molecule has 0 spiro atoms. The van der Waals surface area contributed by atoms with Crippen molar-refractivity contribution in [2.24, 2.45) is 0 Å². The van der Waals surface area contributed by atoms with Crippen LogP contribution in [0.2, 0.25) is 5.02 Å². The van der Waals surface area contributed by atoms with Crippen LogP contribution >= 0.6 is 11.6 Å². The lowest BCUT2D eigenvalue weighted by molar-refractivity contribution is -0.0372. The van der Waals surface area contributed by atoms with E-state index in [2.05, 4.69) is 10.4 Å². The summed E-state index contributed by atoms with van der Waals surface area (Å²) in [6.45, 7) is 0.182. The highest BCUT2D eigenvalue weighted by atomic mass is 35.5. The Morgan fingerprint density at radius 3 is 2.83 bits per heavy atom. The van der Waals surface area contributed by atoms with Crippen molar-refractivity contribution in [2.45, 2.75) is 25.8 Å². The van der Waals surface area contributed by atoms with E-state index in [4.69, 9.17) is 16.7 Å². The highest BCUT2D eigenvalue weighted by Crippen LogP contribution is 2.18. The Labute approximate surface area is 107 Å².